The van der Waals surface area contributed by atoms with Gasteiger partial charge in [0.1, 0.15) is 18.2 Å². The summed E-state index contributed by atoms with van der Waals surface area (Å²) in [6.45, 7) is 3.34. The molecule has 6 heteroatoms. The van der Waals surface area contributed by atoms with Gasteiger partial charge in [-0.25, -0.2) is 9.67 Å². The van der Waals surface area contributed by atoms with Gasteiger partial charge < -0.3 is 5.32 Å². The van der Waals surface area contributed by atoms with Crippen molar-refractivity contribution in [2.45, 2.75) is 20.0 Å². The van der Waals surface area contributed by atoms with Gasteiger partial charge in [0.15, 0.2) is 0 Å². The maximum atomic E-state index is 9.06. The fourth-order valence-corrected chi connectivity index (χ4v) is 1.99. The van der Waals surface area contributed by atoms with Crippen LogP contribution in [-0.2, 0) is 13.1 Å². The number of rotatable bonds is 4. The third kappa shape index (κ3) is 2.68. The highest BCUT2D eigenvalue weighted by atomic mass is 79.9. The summed E-state index contributed by atoms with van der Waals surface area (Å²) in [6, 6.07) is 7.71. The first-order valence-corrected chi connectivity index (χ1v) is 6.34. The van der Waals surface area contributed by atoms with Gasteiger partial charge in [0.05, 0.1) is 17.8 Å². The number of aromatic nitrogens is 3. The standard InChI is InChI=1S/C12H12BrN5/c1-2-18-12(16-8-17-18)7-15-11-4-3-10(13)5-9(11)6-14/h3-5,8,15H,2,7H2,1H3. The fourth-order valence-electron chi connectivity index (χ4n) is 1.63. The minimum absolute atomic E-state index is 0.546. The van der Waals surface area contributed by atoms with Crippen molar-refractivity contribution in [2.75, 3.05) is 5.32 Å². The van der Waals surface area contributed by atoms with E-state index in [1.54, 1.807) is 6.07 Å². The topological polar surface area (TPSA) is 66.5 Å². The first-order valence-electron chi connectivity index (χ1n) is 5.54. The highest BCUT2D eigenvalue weighted by molar-refractivity contribution is 9.10. The highest BCUT2D eigenvalue weighted by Crippen LogP contribution is 2.20. The number of aryl methyl sites for hydroxylation is 1. The summed E-state index contributed by atoms with van der Waals surface area (Å²) in [4.78, 5) is 4.17. The zero-order valence-corrected chi connectivity index (χ0v) is 11.5. The monoisotopic (exact) mass is 305 g/mol. The molecule has 5 nitrogen and oxygen atoms in total. The Hall–Kier alpha value is -1.87. The van der Waals surface area contributed by atoms with Gasteiger partial charge >= 0.3 is 0 Å². The van der Waals surface area contributed by atoms with Crippen molar-refractivity contribution in [1.29, 1.82) is 5.26 Å². The van der Waals surface area contributed by atoms with Crippen LogP contribution in [0.1, 0.15) is 18.3 Å². The van der Waals surface area contributed by atoms with Crippen LogP contribution in [0, 0.1) is 11.3 Å². The molecule has 0 fully saturated rings. The molecular formula is C12H12BrN5. The molecule has 0 saturated heterocycles. The van der Waals surface area contributed by atoms with Gasteiger partial charge in [-0.2, -0.15) is 10.4 Å². The van der Waals surface area contributed by atoms with E-state index in [-0.39, 0.29) is 0 Å². The molecule has 1 aromatic heterocycles. The van der Waals surface area contributed by atoms with Gasteiger partial charge in [0.25, 0.3) is 0 Å². The lowest BCUT2D eigenvalue weighted by molar-refractivity contribution is 0.622. The molecule has 2 rings (SSSR count). The summed E-state index contributed by atoms with van der Waals surface area (Å²) in [5, 5.41) is 16.4. The maximum absolute atomic E-state index is 9.06. The van der Waals surface area contributed by atoms with Gasteiger partial charge in [-0.15, -0.1) is 0 Å². The second-order valence-electron chi connectivity index (χ2n) is 3.65. The molecule has 0 bridgehead atoms. The van der Waals surface area contributed by atoms with Crippen LogP contribution in [0.15, 0.2) is 29.0 Å². The molecule has 2 aromatic rings. The number of hydrogen-bond acceptors (Lipinski definition) is 4. The number of benzene rings is 1. The summed E-state index contributed by atoms with van der Waals surface area (Å²) in [5.41, 5.74) is 1.40. The summed E-state index contributed by atoms with van der Waals surface area (Å²) in [6.07, 6.45) is 1.54. The highest BCUT2D eigenvalue weighted by Gasteiger charge is 2.05. The zero-order chi connectivity index (χ0) is 13.0. The molecule has 18 heavy (non-hydrogen) atoms. The summed E-state index contributed by atoms with van der Waals surface area (Å²) in [7, 11) is 0. The van der Waals surface area contributed by atoms with Crippen LogP contribution in [0.25, 0.3) is 0 Å². The van der Waals surface area contributed by atoms with Crippen molar-refractivity contribution >= 4 is 21.6 Å². The number of nitriles is 1. The summed E-state index contributed by atoms with van der Waals surface area (Å²) >= 11 is 3.34. The average Bonchev–Trinajstić information content (AvgIpc) is 2.84. The molecule has 0 radical (unpaired) electrons. The minimum Gasteiger partial charge on any atom is -0.377 e. The average molecular weight is 306 g/mol. The van der Waals surface area contributed by atoms with Gasteiger partial charge in [0.2, 0.25) is 0 Å². The molecule has 0 aliphatic heterocycles. The van der Waals surface area contributed by atoms with E-state index in [1.165, 1.54) is 6.33 Å². The van der Waals surface area contributed by atoms with Crippen LogP contribution < -0.4 is 5.32 Å². The maximum Gasteiger partial charge on any atom is 0.146 e. The first-order chi connectivity index (χ1) is 8.74. The summed E-state index contributed by atoms with van der Waals surface area (Å²) in [5.74, 6) is 0.851. The minimum atomic E-state index is 0.546. The SMILES string of the molecule is CCn1ncnc1CNc1ccc(Br)cc1C#N. The molecule has 1 heterocycles. The quantitative estimate of drug-likeness (QED) is 0.942. The first kappa shape index (κ1) is 12.6. The number of hydrogen-bond donors (Lipinski definition) is 1. The third-order valence-electron chi connectivity index (χ3n) is 2.53. The lowest BCUT2D eigenvalue weighted by atomic mass is 10.2. The molecular weight excluding hydrogens is 294 g/mol. The van der Waals surface area contributed by atoms with E-state index in [2.05, 4.69) is 37.4 Å². The normalized spacial score (nSPS) is 10.1. The van der Waals surface area contributed by atoms with Crippen molar-refractivity contribution in [2.24, 2.45) is 0 Å². The third-order valence-corrected chi connectivity index (χ3v) is 3.03. The Morgan fingerprint density at radius 3 is 3.06 bits per heavy atom. The largest absolute Gasteiger partial charge is 0.377 e. The van der Waals surface area contributed by atoms with Crippen molar-refractivity contribution in [3.8, 4) is 6.07 Å². The molecule has 0 aliphatic carbocycles. The van der Waals surface area contributed by atoms with Gasteiger partial charge in [-0.1, -0.05) is 15.9 Å². The number of anilines is 1. The Labute approximate surface area is 114 Å². The second-order valence-corrected chi connectivity index (χ2v) is 4.56. The smallest absolute Gasteiger partial charge is 0.146 e. The van der Waals surface area contributed by atoms with Crippen LogP contribution in [0.5, 0.6) is 0 Å². The molecule has 0 unspecified atom stereocenters. The van der Waals surface area contributed by atoms with Crippen LogP contribution in [-0.4, -0.2) is 14.8 Å². The van der Waals surface area contributed by atoms with E-state index in [1.807, 2.05) is 23.7 Å². The van der Waals surface area contributed by atoms with Crippen LogP contribution >= 0.6 is 15.9 Å². The van der Waals surface area contributed by atoms with E-state index in [9.17, 15) is 0 Å². The fraction of sp³-hybridized carbons (Fsp3) is 0.250. The number of nitrogens with zero attached hydrogens (tertiary/aromatic N) is 4. The van der Waals surface area contributed by atoms with Gasteiger partial charge in [0, 0.05) is 11.0 Å². The Kier molecular flexibility index (Phi) is 3.95. The van der Waals surface area contributed by atoms with E-state index in [0.29, 0.717) is 12.1 Å². The molecule has 0 spiro atoms. The number of halogens is 1. The Balaban J connectivity index is 2.14. The summed E-state index contributed by atoms with van der Waals surface area (Å²) < 4.78 is 2.71. The van der Waals surface area contributed by atoms with E-state index in [0.717, 1.165) is 22.5 Å². The predicted octanol–water partition coefficient (Wildman–Crippen LogP) is 2.54. The van der Waals surface area contributed by atoms with E-state index < -0.39 is 0 Å². The molecule has 0 atom stereocenters. The van der Waals surface area contributed by atoms with Crippen LogP contribution in [0.3, 0.4) is 0 Å². The second kappa shape index (κ2) is 5.65. The van der Waals surface area contributed by atoms with E-state index in [4.69, 9.17) is 5.26 Å². The molecule has 1 aromatic carbocycles. The van der Waals surface area contributed by atoms with Gasteiger partial charge in [-0.05, 0) is 25.1 Å². The molecule has 92 valence electrons. The molecule has 1 N–H and O–H groups in total. The Morgan fingerprint density at radius 2 is 2.33 bits per heavy atom. The van der Waals surface area contributed by atoms with Crippen molar-refractivity contribution in [3.05, 3.63) is 40.4 Å². The number of nitrogens with one attached hydrogen (secondary N) is 1. The Bertz CT molecular complexity index is 584. The van der Waals surface area contributed by atoms with Crippen LogP contribution in [0.2, 0.25) is 0 Å². The van der Waals surface area contributed by atoms with Crippen molar-refractivity contribution < 1.29 is 0 Å². The lowest BCUT2D eigenvalue weighted by Crippen LogP contribution is -2.09. The zero-order valence-electron chi connectivity index (χ0n) is 9.89. The van der Waals surface area contributed by atoms with Crippen molar-refractivity contribution in [1.82, 2.24) is 14.8 Å². The molecule has 0 amide bonds. The van der Waals surface area contributed by atoms with Gasteiger partial charge in [-0.3, -0.25) is 0 Å². The van der Waals surface area contributed by atoms with Crippen LogP contribution in [0.4, 0.5) is 5.69 Å². The van der Waals surface area contributed by atoms with E-state index >= 15 is 0 Å². The lowest BCUT2D eigenvalue weighted by Gasteiger charge is -2.08. The molecule has 0 aliphatic rings. The Morgan fingerprint density at radius 1 is 1.50 bits per heavy atom. The predicted molar refractivity (Wildman–Crippen MR) is 71.9 cm³/mol. The van der Waals surface area contributed by atoms with Crippen molar-refractivity contribution in [3.63, 3.8) is 0 Å². The molecule has 0 saturated carbocycles.